The first-order valence-corrected chi connectivity index (χ1v) is 9.46. The number of ether oxygens (including phenoxy) is 1. The van der Waals surface area contributed by atoms with Crippen molar-refractivity contribution in [1.29, 1.82) is 5.26 Å². The van der Waals surface area contributed by atoms with E-state index in [4.69, 9.17) is 4.74 Å². The molecule has 2 heterocycles. The van der Waals surface area contributed by atoms with Crippen LogP contribution in [0, 0.1) is 31.6 Å². The maximum Gasteiger partial charge on any atom is 0.379 e. The lowest BCUT2D eigenvalue weighted by atomic mass is 10.2. The molecule has 1 fully saturated rings. The van der Waals surface area contributed by atoms with E-state index in [0.717, 1.165) is 5.69 Å². The summed E-state index contributed by atoms with van der Waals surface area (Å²) >= 11 is 0. The van der Waals surface area contributed by atoms with Gasteiger partial charge in [0.1, 0.15) is 11.3 Å². The molecule has 1 saturated heterocycles. The highest BCUT2D eigenvalue weighted by atomic mass is 16.6. The number of nitriles is 1. The maximum atomic E-state index is 13.1. The van der Waals surface area contributed by atoms with Crippen molar-refractivity contribution in [3.8, 4) is 11.8 Å². The standard InChI is InChI=1S/C20H18N6O5/c1-31-16-6-7-17-18(12-16)25(28)20(19(13-21)24(17)27)23-10-8-22(9-11-23)14-2-4-15(5-3-14)26(29)30/h2-7,12H,8-11H2,1H3. The Morgan fingerprint density at radius 1 is 1.10 bits per heavy atom. The van der Waals surface area contributed by atoms with Crippen molar-refractivity contribution in [3.63, 3.8) is 0 Å². The van der Waals surface area contributed by atoms with Gasteiger partial charge in [-0.2, -0.15) is 5.26 Å². The number of benzene rings is 2. The minimum atomic E-state index is -0.453. The van der Waals surface area contributed by atoms with Crippen molar-refractivity contribution in [1.82, 2.24) is 4.73 Å². The maximum absolute atomic E-state index is 13.1. The van der Waals surface area contributed by atoms with Crippen LogP contribution in [0.25, 0.3) is 11.0 Å². The third-order valence-corrected chi connectivity index (χ3v) is 5.34. The monoisotopic (exact) mass is 422 g/mol. The topological polar surface area (TPSA) is 134 Å². The van der Waals surface area contributed by atoms with Gasteiger partial charge in [0, 0.05) is 61.0 Å². The van der Waals surface area contributed by atoms with E-state index in [9.17, 15) is 25.5 Å². The predicted octanol–water partition coefficient (Wildman–Crippen LogP) is 2.02. The van der Waals surface area contributed by atoms with Crippen LogP contribution >= 0.6 is 0 Å². The fourth-order valence-corrected chi connectivity index (χ4v) is 3.72. The van der Waals surface area contributed by atoms with E-state index in [1.807, 2.05) is 11.0 Å². The summed E-state index contributed by atoms with van der Waals surface area (Å²) in [7, 11) is 1.46. The number of aromatic nitrogens is 2. The molecule has 1 aliphatic heterocycles. The molecule has 1 aliphatic rings. The van der Waals surface area contributed by atoms with E-state index in [-0.39, 0.29) is 28.2 Å². The summed E-state index contributed by atoms with van der Waals surface area (Å²) < 4.78 is 6.23. The van der Waals surface area contributed by atoms with E-state index in [0.29, 0.717) is 41.1 Å². The van der Waals surface area contributed by atoms with Gasteiger partial charge in [-0.3, -0.25) is 10.1 Å². The van der Waals surface area contributed by atoms with Gasteiger partial charge < -0.3 is 24.5 Å². The summed E-state index contributed by atoms with van der Waals surface area (Å²) in [5, 5.41) is 33.5. The van der Waals surface area contributed by atoms with Gasteiger partial charge in [-0.05, 0) is 18.2 Å². The Kier molecular flexibility index (Phi) is 5.04. The van der Waals surface area contributed by atoms with Crippen molar-refractivity contribution in [3.05, 3.63) is 68.4 Å². The number of piperazine rings is 1. The molecule has 0 unspecified atom stereocenters. The molecule has 0 spiro atoms. The first kappa shape index (κ1) is 20.0. The molecule has 31 heavy (non-hydrogen) atoms. The van der Waals surface area contributed by atoms with Crippen LogP contribution in [0.5, 0.6) is 5.75 Å². The van der Waals surface area contributed by atoms with Crippen LogP contribution in [0.1, 0.15) is 5.69 Å². The van der Waals surface area contributed by atoms with Gasteiger partial charge in [0.2, 0.25) is 0 Å². The molecule has 0 N–H and O–H groups in total. The second kappa shape index (κ2) is 7.83. The highest BCUT2D eigenvalue weighted by Gasteiger charge is 2.29. The smallest absolute Gasteiger partial charge is 0.379 e. The van der Waals surface area contributed by atoms with Gasteiger partial charge >= 0.3 is 5.69 Å². The van der Waals surface area contributed by atoms with Crippen LogP contribution in [-0.4, -0.2) is 42.9 Å². The first-order chi connectivity index (χ1) is 14.9. The SMILES string of the molecule is COc1ccc2c(c1)n([O-])c(N1CCN(c3ccc([N+](=O)[O-])cc3)CC1)c(C#N)[n+]2=O. The van der Waals surface area contributed by atoms with Crippen LogP contribution in [-0.2, 0) is 0 Å². The van der Waals surface area contributed by atoms with Crippen molar-refractivity contribution in [2.45, 2.75) is 0 Å². The minimum Gasteiger partial charge on any atom is -0.804 e. The molecule has 3 aromatic rings. The quantitative estimate of drug-likeness (QED) is 0.354. The van der Waals surface area contributed by atoms with Crippen molar-refractivity contribution < 1.29 is 14.1 Å². The molecule has 11 nitrogen and oxygen atoms in total. The Labute approximate surface area is 176 Å². The molecule has 0 saturated carbocycles. The lowest BCUT2D eigenvalue weighted by Gasteiger charge is -2.38. The van der Waals surface area contributed by atoms with Crippen molar-refractivity contribution in [2.75, 3.05) is 43.1 Å². The third kappa shape index (κ3) is 3.44. The normalized spacial score (nSPS) is 13.8. The van der Waals surface area contributed by atoms with Gasteiger partial charge in [0.15, 0.2) is 11.9 Å². The second-order valence-corrected chi connectivity index (χ2v) is 6.98. The average Bonchev–Trinajstić information content (AvgIpc) is 2.81. The Hall–Kier alpha value is -4.33. The molecular formula is C20H18N6O5. The summed E-state index contributed by atoms with van der Waals surface area (Å²) in [6.45, 7) is 1.81. The van der Waals surface area contributed by atoms with Gasteiger partial charge in [0.25, 0.3) is 11.2 Å². The molecule has 0 aliphatic carbocycles. The van der Waals surface area contributed by atoms with E-state index < -0.39 is 4.92 Å². The summed E-state index contributed by atoms with van der Waals surface area (Å²) in [4.78, 5) is 26.9. The lowest BCUT2D eigenvalue weighted by molar-refractivity contribution is -0.467. The van der Waals surface area contributed by atoms with Gasteiger partial charge in [0.05, 0.1) is 16.5 Å². The fourth-order valence-electron chi connectivity index (χ4n) is 3.72. The highest BCUT2D eigenvalue weighted by molar-refractivity contribution is 5.77. The van der Waals surface area contributed by atoms with Gasteiger partial charge in [-0.25, -0.2) is 0 Å². The third-order valence-electron chi connectivity index (χ3n) is 5.34. The number of anilines is 2. The number of hydrogen-bond donors (Lipinski definition) is 0. The number of nitrogens with zero attached hydrogens (tertiary/aromatic N) is 6. The zero-order chi connectivity index (χ0) is 22.1. The Bertz CT molecular complexity index is 1260. The van der Waals surface area contributed by atoms with Crippen molar-refractivity contribution in [2.24, 2.45) is 0 Å². The molecule has 0 radical (unpaired) electrons. The number of fused-ring (bicyclic) bond motifs is 1. The number of nitro benzene ring substituents is 1. The van der Waals surface area contributed by atoms with E-state index in [2.05, 4.69) is 0 Å². The predicted molar refractivity (Wildman–Crippen MR) is 113 cm³/mol. The van der Waals surface area contributed by atoms with Gasteiger partial charge in [-0.15, -0.1) is 0 Å². The summed E-state index contributed by atoms with van der Waals surface area (Å²) in [6, 6.07) is 12.6. The van der Waals surface area contributed by atoms with Crippen LogP contribution < -0.4 is 19.0 Å². The average molecular weight is 422 g/mol. The van der Waals surface area contributed by atoms with Crippen molar-refractivity contribution >= 4 is 28.2 Å². The molecule has 158 valence electrons. The molecule has 2 aromatic carbocycles. The summed E-state index contributed by atoms with van der Waals surface area (Å²) in [5.41, 5.74) is 0.765. The molecule has 0 amide bonds. The fraction of sp³-hybridized carbons (Fsp3) is 0.250. The van der Waals surface area contributed by atoms with Gasteiger partial charge in [-0.1, -0.05) is 0 Å². The zero-order valence-corrected chi connectivity index (χ0v) is 16.6. The van der Waals surface area contributed by atoms with E-state index in [1.165, 1.54) is 31.4 Å². The Morgan fingerprint density at radius 2 is 1.74 bits per heavy atom. The molecule has 0 atom stereocenters. The summed E-state index contributed by atoms with van der Waals surface area (Å²) in [5.74, 6) is 0.428. The first-order valence-electron chi connectivity index (χ1n) is 9.46. The Balaban J connectivity index is 1.65. The zero-order valence-electron chi connectivity index (χ0n) is 16.6. The largest absolute Gasteiger partial charge is 0.804 e. The van der Waals surface area contributed by atoms with Crippen LogP contribution in [0.15, 0.2) is 42.5 Å². The van der Waals surface area contributed by atoms with Crippen LogP contribution in [0.4, 0.5) is 17.2 Å². The molecule has 1 aromatic heterocycles. The van der Waals surface area contributed by atoms with E-state index >= 15 is 0 Å². The number of methoxy groups -OCH3 is 1. The number of non-ortho nitro benzene ring substituents is 1. The number of hydrogen-bond acceptors (Lipinski definition) is 8. The molecule has 0 bridgehead atoms. The Morgan fingerprint density at radius 3 is 2.32 bits per heavy atom. The number of nitro groups is 1. The minimum absolute atomic E-state index is 0.00148. The molecular weight excluding hydrogens is 404 g/mol. The lowest BCUT2D eigenvalue weighted by Crippen LogP contribution is -2.48. The van der Waals surface area contributed by atoms with E-state index in [1.54, 1.807) is 23.1 Å². The molecule has 4 rings (SSSR count). The second-order valence-electron chi connectivity index (χ2n) is 6.98. The number of rotatable bonds is 4. The summed E-state index contributed by atoms with van der Waals surface area (Å²) in [6.07, 6.45) is 0. The van der Waals surface area contributed by atoms with Crippen LogP contribution in [0.2, 0.25) is 0 Å². The van der Waals surface area contributed by atoms with Crippen LogP contribution in [0.3, 0.4) is 0 Å². The highest BCUT2D eigenvalue weighted by Crippen LogP contribution is 2.27. The molecule has 11 heteroatoms.